The van der Waals surface area contributed by atoms with E-state index in [2.05, 4.69) is 5.32 Å². The minimum atomic E-state index is -1.11. The summed E-state index contributed by atoms with van der Waals surface area (Å²) < 4.78 is 5.03. The Kier molecular flexibility index (Phi) is 5.77. The fourth-order valence-corrected chi connectivity index (χ4v) is 1.08. The van der Waals surface area contributed by atoms with Gasteiger partial charge < -0.3 is 21.5 Å². The van der Waals surface area contributed by atoms with Gasteiger partial charge in [-0.15, -0.1) is 0 Å². The van der Waals surface area contributed by atoms with Crippen molar-refractivity contribution >= 4 is 17.8 Å². The van der Waals surface area contributed by atoms with E-state index >= 15 is 0 Å². The van der Waals surface area contributed by atoms with Crippen molar-refractivity contribution in [1.29, 1.82) is 0 Å². The van der Waals surface area contributed by atoms with E-state index in [1.54, 1.807) is 20.8 Å². The number of nitrogens with two attached hydrogens (primary N) is 2. The van der Waals surface area contributed by atoms with Crippen molar-refractivity contribution in [2.45, 2.75) is 51.8 Å². The van der Waals surface area contributed by atoms with Crippen LogP contribution in [0, 0.1) is 0 Å². The van der Waals surface area contributed by atoms with Crippen molar-refractivity contribution in [3.63, 3.8) is 0 Å². The second-order valence-corrected chi connectivity index (χ2v) is 5.04. The molecule has 104 valence electrons. The summed E-state index contributed by atoms with van der Waals surface area (Å²) in [4.78, 5) is 34.0. The summed E-state index contributed by atoms with van der Waals surface area (Å²) in [6, 6.07) is -1.90. The molecule has 0 aliphatic carbocycles. The minimum absolute atomic E-state index is 0.314. The van der Waals surface area contributed by atoms with Crippen molar-refractivity contribution in [1.82, 2.24) is 5.32 Å². The second-order valence-electron chi connectivity index (χ2n) is 5.04. The summed E-state index contributed by atoms with van der Waals surface area (Å²) in [5, 5.41) is 2.29. The van der Waals surface area contributed by atoms with Gasteiger partial charge in [0.1, 0.15) is 11.6 Å². The van der Waals surface area contributed by atoms with Crippen LogP contribution in [0.1, 0.15) is 34.1 Å². The first-order valence-electron chi connectivity index (χ1n) is 5.60. The Labute approximate surface area is 106 Å². The maximum Gasteiger partial charge on any atom is 0.308 e. The number of carbonyl (C=O) groups excluding carboxylic acids is 3. The van der Waals surface area contributed by atoms with E-state index < -0.39 is 35.5 Å². The monoisotopic (exact) mass is 259 g/mol. The number of rotatable bonds is 5. The number of hydrogen-bond donors (Lipinski definition) is 3. The van der Waals surface area contributed by atoms with E-state index in [0.717, 1.165) is 0 Å². The zero-order valence-corrected chi connectivity index (χ0v) is 11.1. The van der Waals surface area contributed by atoms with Crippen LogP contribution in [-0.2, 0) is 19.1 Å². The van der Waals surface area contributed by atoms with Crippen LogP contribution in [0.3, 0.4) is 0 Å². The topological polar surface area (TPSA) is 125 Å². The third-order valence-corrected chi connectivity index (χ3v) is 1.86. The maximum atomic E-state index is 11.5. The molecule has 18 heavy (non-hydrogen) atoms. The molecule has 0 unspecified atom stereocenters. The zero-order chi connectivity index (χ0) is 14.5. The van der Waals surface area contributed by atoms with Crippen molar-refractivity contribution < 1.29 is 19.1 Å². The largest absolute Gasteiger partial charge is 0.460 e. The van der Waals surface area contributed by atoms with Crippen LogP contribution >= 0.6 is 0 Å². The summed E-state index contributed by atoms with van der Waals surface area (Å²) in [6.45, 7) is 6.56. The molecule has 5 N–H and O–H groups in total. The van der Waals surface area contributed by atoms with Gasteiger partial charge in [-0.1, -0.05) is 0 Å². The molecule has 7 nitrogen and oxygen atoms in total. The Morgan fingerprint density at radius 1 is 1.28 bits per heavy atom. The van der Waals surface area contributed by atoms with Gasteiger partial charge in [0.25, 0.3) is 0 Å². The lowest BCUT2D eigenvalue weighted by Crippen LogP contribution is -2.50. The summed E-state index contributed by atoms with van der Waals surface area (Å²) in [7, 11) is 0. The fourth-order valence-electron chi connectivity index (χ4n) is 1.08. The summed E-state index contributed by atoms with van der Waals surface area (Å²) in [6.07, 6.45) is -0.314. The molecular weight excluding hydrogens is 238 g/mol. The molecular formula is C11H21N3O4. The van der Waals surface area contributed by atoms with E-state index in [4.69, 9.17) is 16.2 Å². The molecule has 0 bridgehead atoms. The molecule has 2 atom stereocenters. The molecule has 0 heterocycles. The Hall–Kier alpha value is -1.63. The van der Waals surface area contributed by atoms with Gasteiger partial charge in [-0.05, 0) is 27.7 Å². The van der Waals surface area contributed by atoms with Crippen LogP contribution in [0.15, 0.2) is 0 Å². The first kappa shape index (κ1) is 16.4. The molecule has 0 saturated heterocycles. The van der Waals surface area contributed by atoms with Crippen LogP contribution in [0.25, 0.3) is 0 Å². The molecule has 7 heteroatoms. The number of carbonyl (C=O) groups is 3. The van der Waals surface area contributed by atoms with E-state index in [1.165, 1.54) is 6.92 Å². The van der Waals surface area contributed by atoms with Crippen LogP contribution < -0.4 is 16.8 Å². The van der Waals surface area contributed by atoms with E-state index in [0.29, 0.717) is 0 Å². The Balaban J connectivity index is 4.51. The lowest BCUT2D eigenvalue weighted by molar-refractivity contribution is -0.156. The molecule has 0 aromatic heterocycles. The quantitative estimate of drug-likeness (QED) is 0.548. The molecule has 0 saturated carbocycles. The van der Waals surface area contributed by atoms with Crippen LogP contribution in [0.4, 0.5) is 0 Å². The highest BCUT2D eigenvalue weighted by atomic mass is 16.6. The normalized spacial score (nSPS) is 14.5. The Bertz CT molecular complexity index is 334. The maximum absolute atomic E-state index is 11.5. The third kappa shape index (κ3) is 6.85. The van der Waals surface area contributed by atoms with Gasteiger partial charge in [-0.2, -0.15) is 0 Å². The van der Waals surface area contributed by atoms with Gasteiger partial charge in [0.2, 0.25) is 11.8 Å². The van der Waals surface area contributed by atoms with Crippen LogP contribution in [0.2, 0.25) is 0 Å². The van der Waals surface area contributed by atoms with Crippen molar-refractivity contribution in [3.8, 4) is 0 Å². The van der Waals surface area contributed by atoms with E-state index in [1.807, 2.05) is 0 Å². The molecule has 0 radical (unpaired) electrons. The van der Waals surface area contributed by atoms with Gasteiger partial charge in [-0.3, -0.25) is 14.4 Å². The van der Waals surface area contributed by atoms with Crippen LogP contribution in [-0.4, -0.2) is 35.5 Å². The average molecular weight is 259 g/mol. The molecule has 2 amide bonds. The first-order valence-corrected chi connectivity index (χ1v) is 5.60. The van der Waals surface area contributed by atoms with Gasteiger partial charge in [0, 0.05) is 0 Å². The van der Waals surface area contributed by atoms with Crippen LogP contribution in [0.5, 0.6) is 0 Å². The number of nitrogens with one attached hydrogen (secondary N) is 1. The Morgan fingerprint density at radius 2 is 1.78 bits per heavy atom. The first-order chi connectivity index (χ1) is 8.03. The number of primary amides is 1. The predicted octanol–water partition coefficient (Wildman–Crippen LogP) is -0.964. The smallest absolute Gasteiger partial charge is 0.308 e. The third-order valence-electron chi connectivity index (χ3n) is 1.86. The summed E-state index contributed by atoms with van der Waals surface area (Å²) in [5.74, 6) is -1.98. The minimum Gasteiger partial charge on any atom is -0.460 e. The SMILES string of the molecule is C[C@H](N)C(=O)N[C@@H](CC(=O)OC(C)(C)C)C(N)=O. The van der Waals surface area contributed by atoms with Crippen molar-refractivity contribution in [2.75, 3.05) is 0 Å². The molecule has 0 aliphatic rings. The highest BCUT2D eigenvalue weighted by molar-refractivity contribution is 5.91. The molecule has 0 fully saturated rings. The molecule has 0 rings (SSSR count). The average Bonchev–Trinajstić information content (AvgIpc) is 2.12. The summed E-state index contributed by atoms with van der Waals surface area (Å²) >= 11 is 0. The van der Waals surface area contributed by atoms with Gasteiger partial charge >= 0.3 is 5.97 Å². The molecule has 0 aromatic carbocycles. The highest BCUT2D eigenvalue weighted by Gasteiger charge is 2.25. The standard InChI is InChI=1S/C11H21N3O4/c1-6(12)10(17)14-7(9(13)16)5-8(15)18-11(2,3)4/h6-7H,5,12H2,1-4H3,(H2,13,16)(H,14,17)/t6-,7-/m0/s1. The molecule has 0 spiro atoms. The molecule has 0 aliphatic heterocycles. The second kappa shape index (κ2) is 6.34. The lowest BCUT2D eigenvalue weighted by Gasteiger charge is -2.22. The number of amides is 2. The number of esters is 1. The number of hydrogen-bond acceptors (Lipinski definition) is 5. The fraction of sp³-hybridized carbons (Fsp3) is 0.727. The van der Waals surface area contributed by atoms with Gasteiger partial charge in [0.15, 0.2) is 0 Å². The van der Waals surface area contributed by atoms with E-state index in [-0.39, 0.29) is 6.42 Å². The molecule has 0 aromatic rings. The van der Waals surface area contributed by atoms with Gasteiger partial charge in [0.05, 0.1) is 12.5 Å². The zero-order valence-electron chi connectivity index (χ0n) is 11.1. The number of ether oxygens (including phenoxy) is 1. The van der Waals surface area contributed by atoms with Crippen molar-refractivity contribution in [2.24, 2.45) is 11.5 Å². The highest BCUT2D eigenvalue weighted by Crippen LogP contribution is 2.09. The van der Waals surface area contributed by atoms with Gasteiger partial charge in [-0.25, -0.2) is 0 Å². The Morgan fingerprint density at radius 3 is 2.11 bits per heavy atom. The van der Waals surface area contributed by atoms with Crippen molar-refractivity contribution in [3.05, 3.63) is 0 Å². The predicted molar refractivity (Wildman–Crippen MR) is 65.2 cm³/mol. The van der Waals surface area contributed by atoms with E-state index in [9.17, 15) is 14.4 Å². The lowest BCUT2D eigenvalue weighted by atomic mass is 10.1. The summed E-state index contributed by atoms with van der Waals surface area (Å²) in [5.41, 5.74) is 9.77.